The number of amides is 1. The Morgan fingerprint density at radius 3 is 2.61 bits per heavy atom. The molecule has 1 saturated heterocycles. The molecule has 0 aromatic carbocycles. The van der Waals surface area contributed by atoms with Crippen LogP contribution in [0.1, 0.15) is 40.5 Å². The minimum atomic E-state index is 0.199. The molecule has 1 rings (SSSR count). The number of carbonyl (C=O) groups is 1. The highest BCUT2D eigenvalue weighted by Crippen LogP contribution is 2.30. The molecule has 0 saturated carbocycles. The van der Waals surface area contributed by atoms with Crippen LogP contribution in [-0.4, -0.2) is 40.9 Å². The summed E-state index contributed by atoms with van der Waals surface area (Å²) in [5.74, 6) is 2.30. The first kappa shape index (κ1) is 15.8. The first-order valence-corrected chi connectivity index (χ1v) is 7.94. The Bertz CT molecular complexity index is 279. The third-order valence-corrected chi connectivity index (χ3v) is 4.68. The fourth-order valence-electron chi connectivity index (χ4n) is 2.53. The molecule has 1 amide bonds. The highest BCUT2D eigenvalue weighted by atomic mass is 32.2. The molecular formula is C14H28N2OS. The molecule has 0 aromatic rings. The minimum Gasteiger partial charge on any atom is -0.340 e. The van der Waals surface area contributed by atoms with Crippen LogP contribution in [0.5, 0.6) is 0 Å². The van der Waals surface area contributed by atoms with E-state index in [4.69, 9.17) is 5.73 Å². The van der Waals surface area contributed by atoms with Gasteiger partial charge in [0.25, 0.3) is 0 Å². The van der Waals surface area contributed by atoms with Crippen LogP contribution >= 0.6 is 11.8 Å². The van der Waals surface area contributed by atoms with Crippen LogP contribution in [0, 0.1) is 11.8 Å². The number of hydrogen-bond donors (Lipinski definition) is 1. The molecule has 1 fully saturated rings. The molecule has 1 heterocycles. The normalized spacial score (nSPS) is 21.1. The van der Waals surface area contributed by atoms with Gasteiger partial charge in [0.2, 0.25) is 5.91 Å². The molecule has 4 heteroatoms. The van der Waals surface area contributed by atoms with Crippen molar-refractivity contribution in [3.63, 3.8) is 0 Å². The number of thioether (sulfide) groups is 1. The Hall–Kier alpha value is -0.220. The lowest BCUT2D eigenvalue weighted by Gasteiger charge is -2.38. The van der Waals surface area contributed by atoms with Crippen LogP contribution in [-0.2, 0) is 4.79 Å². The molecule has 0 spiro atoms. The monoisotopic (exact) mass is 272 g/mol. The first-order valence-electron chi connectivity index (χ1n) is 6.96. The summed E-state index contributed by atoms with van der Waals surface area (Å²) in [5.41, 5.74) is 5.78. The molecule has 106 valence electrons. The molecule has 0 aromatic heterocycles. The predicted octanol–water partition coefficient (Wildman–Crippen LogP) is 2.35. The summed E-state index contributed by atoms with van der Waals surface area (Å²) in [4.78, 5) is 14.3. The van der Waals surface area contributed by atoms with Crippen LogP contribution < -0.4 is 5.73 Å². The Morgan fingerprint density at radius 1 is 1.44 bits per heavy atom. The predicted molar refractivity (Wildman–Crippen MR) is 79.7 cm³/mol. The van der Waals surface area contributed by atoms with Gasteiger partial charge in [-0.3, -0.25) is 4.79 Å². The van der Waals surface area contributed by atoms with Crippen molar-refractivity contribution in [1.82, 2.24) is 4.90 Å². The van der Waals surface area contributed by atoms with E-state index in [0.29, 0.717) is 30.7 Å². The van der Waals surface area contributed by atoms with E-state index in [1.807, 2.05) is 16.7 Å². The smallest absolute Gasteiger partial charge is 0.222 e. The Balaban J connectivity index is 2.48. The molecule has 0 bridgehead atoms. The molecule has 2 N–H and O–H groups in total. The topological polar surface area (TPSA) is 46.3 Å². The highest BCUT2D eigenvalue weighted by Gasteiger charge is 2.30. The summed E-state index contributed by atoms with van der Waals surface area (Å²) in [6.07, 6.45) is 1.67. The molecule has 1 aliphatic heterocycles. The van der Waals surface area contributed by atoms with Crippen molar-refractivity contribution in [2.45, 2.75) is 45.3 Å². The lowest BCUT2D eigenvalue weighted by molar-refractivity contribution is -0.132. The second kappa shape index (κ2) is 6.80. The summed E-state index contributed by atoms with van der Waals surface area (Å²) in [6.45, 7) is 11.2. The van der Waals surface area contributed by atoms with Crippen LogP contribution in [0.25, 0.3) is 0 Å². The lowest BCUT2D eigenvalue weighted by atomic mass is 9.93. The Kier molecular flexibility index (Phi) is 5.99. The summed E-state index contributed by atoms with van der Waals surface area (Å²) in [6, 6.07) is 0. The van der Waals surface area contributed by atoms with Gasteiger partial charge in [-0.05, 0) is 38.6 Å². The maximum absolute atomic E-state index is 12.3. The molecular weight excluding hydrogens is 244 g/mol. The second-order valence-corrected chi connectivity index (χ2v) is 8.16. The quantitative estimate of drug-likeness (QED) is 0.835. The summed E-state index contributed by atoms with van der Waals surface area (Å²) in [5, 5.41) is 0. The number of nitrogens with zero attached hydrogens (tertiary/aromatic N) is 1. The lowest BCUT2D eigenvalue weighted by Crippen LogP contribution is -2.46. The van der Waals surface area contributed by atoms with Gasteiger partial charge < -0.3 is 10.6 Å². The van der Waals surface area contributed by atoms with E-state index < -0.39 is 0 Å². The average Bonchev–Trinajstić information content (AvgIpc) is 2.26. The molecule has 1 atom stereocenters. The average molecular weight is 272 g/mol. The van der Waals surface area contributed by atoms with Crippen molar-refractivity contribution in [3.8, 4) is 0 Å². The van der Waals surface area contributed by atoms with Gasteiger partial charge in [-0.1, -0.05) is 13.8 Å². The van der Waals surface area contributed by atoms with Crippen molar-refractivity contribution in [1.29, 1.82) is 0 Å². The fourth-order valence-corrected chi connectivity index (χ4v) is 3.65. The molecule has 18 heavy (non-hydrogen) atoms. The van der Waals surface area contributed by atoms with Gasteiger partial charge in [-0.25, -0.2) is 0 Å². The third-order valence-electron chi connectivity index (χ3n) is 3.38. The number of nitrogens with two attached hydrogens (primary N) is 1. The van der Waals surface area contributed by atoms with E-state index >= 15 is 0 Å². The van der Waals surface area contributed by atoms with Crippen LogP contribution in [0.2, 0.25) is 0 Å². The Morgan fingerprint density at radius 2 is 2.11 bits per heavy atom. The number of rotatable bonds is 5. The zero-order chi connectivity index (χ0) is 13.8. The summed E-state index contributed by atoms with van der Waals surface area (Å²) >= 11 is 1.96. The zero-order valence-corrected chi connectivity index (χ0v) is 13.1. The molecule has 0 aliphatic carbocycles. The summed E-state index contributed by atoms with van der Waals surface area (Å²) < 4.78 is 0.199. The van der Waals surface area contributed by atoms with Gasteiger partial charge in [0.1, 0.15) is 0 Å². The van der Waals surface area contributed by atoms with E-state index in [-0.39, 0.29) is 4.75 Å². The van der Waals surface area contributed by atoms with Gasteiger partial charge in [-0.2, -0.15) is 11.8 Å². The molecule has 3 nitrogen and oxygen atoms in total. The van der Waals surface area contributed by atoms with Crippen molar-refractivity contribution >= 4 is 17.7 Å². The van der Waals surface area contributed by atoms with Gasteiger partial charge in [0, 0.05) is 30.0 Å². The molecule has 1 aliphatic rings. The molecule has 0 unspecified atom stereocenters. The number of hydrogen-bond acceptors (Lipinski definition) is 3. The maximum atomic E-state index is 12.3. The van der Waals surface area contributed by atoms with Gasteiger partial charge in [-0.15, -0.1) is 0 Å². The van der Waals surface area contributed by atoms with Crippen molar-refractivity contribution in [2.75, 3.05) is 25.4 Å². The first-order chi connectivity index (χ1) is 8.34. The van der Waals surface area contributed by atoms with Gasteiger partial charge >= 0.3 is 0 Å². The van der Waals surface area contributed by atoms with Crippen LogP contribution in [0.4, 0.5) is 0 Å². The minimum absolute atomic E-state index is 0.199. The number of carbonyl (C=O) groups excluding carboxylic acids is 1. The van der Waals surface area contributed by atoms with E-state index in [1.165, 1.54) is 0 Å². The van der Waals surface area contributed by atoms with E-state index in [0.717, 1.165) is 25.3 Å². The van der Waals surface area contributed by atoms with Crippen LogP contribution in [0.3, 0.4) is 0 Å². The second-order valence-electron chi connectivity index (χ2n) is 6.36. The maximum Gasteiger partial charge on any atom is 0.222 e. The third kappa shape index (κ3) is 5.19. The van der Waals surface area contributed by atoms with E-state index in [1.54, 1.807) is 0 Å². The largest absolute Gasteiger partial charge is 0.340 e. The standard InChI is InChI=1S/C14H28N2OS/c1-11(2)7-12(9-15)8-13(17)16-5-6-18-14(3,4)10-16/h11-12H,5-10,15H2,1-4H3/t12-/m0/s1. The zero-order valence-electron chi connectivity index (χ0n) is 12.2. The van der Waals surface area contributed by atoms with Crippen LogP contribution in [0.15, 0.2) is 0 Å². The van der Waals surface area contributed by atoms with Gasteiger partial charge in [0.15, 0.2) is 0 Å². The van der Waals surface area contributed by atoms with Gasteiger partial charge in [0.05, 0.1) is 0 Å². The van der Waals surface area contributed by atoms with Crippen molar-refractivity contribution in [2.24, 2.45) is 17.6 Å². The highest BCUT2D eigenvalue weighted by molar-refractivity contribution is 8.00. The van der Waals surface area contributed by atoms with Crippen molar-refractivity contribution < 1.29 is 4.79 Å². The van der Waals surface area contributed by atoms with E-state index in [2.05, 4.69) is 27.7 Å². The van der Waals surface area contributed by atoms with E-state index in [9.17, 15) is 4.79 Å². The SMILES string of the molecule is CC(C)C[C@H](CN)CC(=O)N1CCSC(C)(C)C1. The fraction of sp³-hybridized carbons (Fsp3) is 0.929. The Labute approximate surface area is 116 Å². The molecule has 0 radical (unpaired) electrons. The summed E-state index contributed by atoms with van der Waals surface area (Å²) in [7, 11) is 0. The van der Waals surface area contributed by atoms with Crippen molar-refractivity contribution in [3.05, 3.63) is 0 Å².